The van der Waals surface area contributed by atoms with Crippen LogP contribution in [0.3, 0.4) is 0 Å². The van der Waals surface area contributed by atoms with Gasteiger partial charge in [-0.25, -0.2) is 0 Å². The van der Waals surface area contributed by atoms with Gasteiger partial charge in [0.05, 0.1) is 11.6 Å². The summed E-state index contributed by atoms with van der Waals surface area (Å²) in [6.07, 6.45) is 4.30. The van der Waals surface area contributed by atoms with Gasteiger partial charge in [0.2, 0.25) is 5.95 Å². The molecular formula is C15H24N6. The fraction of sp³-hybridized carbons (Fsp3) is 0.667. The Morgan fingerprint density at radius 3 is 2.76 bits per heavy atom. The maximum atomic E-state index is 4.70. The minimum atomic E-state index is 0.676. The van der Waals surface area contributed by atoms with Gasteiger partial charge in [-0.05, 0) is 31.6 Å². The van der Waals surface area contributed by atoms with Crippen molar-refractivity contribution in [2.75, 3.05) is 29.9 Å². The number of nitrogens with one attached hydrogen (secondary N) is 2. The van der Waals surface area contributed by atoms with Crippen molar-refractivity contribution in [2.45, 2.75) is 33.6 Å². The summed E-state index contributed by atoms with van der Waals surface area (Å²) < 4.78 is 0. The first-order chi connectivity index (χ1) is 10.2. The van der Waals surface area contributed by atoms with Crippen molar-refractivity contribution in [3.05, 3.63) is 6.20 Å². The average molecular weight is 288 g/mol. The summed E-state index contributed by atoms with van der Waals surface area (Å²) in [7, 11) is 0. The van der Waals surface area contributed by atoms with Crippen molar-refractivity contribution in [3.8, 4) is 0 Å². The van der Waals surface area contributed by atoms with Gasteiger partial charge >= 0.3 is 0 Å². The van der Waals surface area contributed by atoms with Gasteiger partial charge < -0.3 is 10.2 Å². The Bertz CT molecular complexity index is 597. The Balaban J connectivity index is 1.87. The van der Waals surface area contributed by atoms with Crippen LogP contribution in [0.25, 0.3) is 11.0 Å². The molecule has 6 nitrogen and oxygen atoms in total. The molecule has 0 aliphatic carbocycles. The normalized spacial score (nSPS) is 16.9. The van der Waals surface area contributed by atoms with Crippen LogP contribution in [-0.4, -0.2) is 39.8 Å². The first-order valence-electron chi connectivity index (χ1n) is 7.89. The van der Waals surface area contributed by atoms with Gasteiger partial charge in [0.25, 0.3) is 0 Å². The lowest BCUT2D eigenvalue weighted by Crippen LogP contribution is -2.36. The summed E-state index contributed by atoms with van der Waals surface area (Å²) in [6, 6.07) is 0. The van der Waals surface area contributed by atoms with Crippen molar-refractivity contribution < 1.29 is 0 Å². The van der Waals surface area contributed by atoms with Gasteiger partial charge in [0.1, 0.15) is 5.82 Å². The van der Waals surface area contributed by atoms with E-state index in [0.29, 0.717) is 5.95 Å². The number of rotatable bonds is 4. The Morgan fingerprint density at radius 1 is 1.33 bits per heavy atom. The summed E-state index contributed by atoms with van der Waals surface area (Å²) >= 11 is 0. The third kappa shape index (κ3) is 2.80. The van der Waals surface area contributed by atoms with Crippen LogP contribution in [0.5, 0.6) is 0 Å². The Hall–Kier alpha value is -1.85. The molecule has 0 amide bonds. The van der Waals surface area contributed by atoms with Crippen LogP contribution in [0.15, 0.2) is 6.20 Å². The molecule has 1 aliphatic heterocycles. The van der Waals surface area contributed by atoms with Gasteiger partial charge in [-0.1, -0.05) is 13.8 Å². The van der Waals surface area contributed by atoms with Crippen molar-refractivity contribution >= 4 is 22.8 Å². The van der Waals surface area contributed by atoms with Crippen LogP contribution < -0.4 is 10.2 Å². The van der Waals surface area contributed by atoms with Gasteiger partial charge in [-0.15, -0.1) is 0 Å². The smallest absolute Gasteiger partial charge is 0.226 e. The molecule has 2 aromatic rings. The molecule has 114 valence electrons. The number of hydrogen-bond acceptors (Lipinski definition) is 5. The summed E-state index contributed by atoms with van der Waals surface area (Å²) in [5.41, 5.74) is 0.807. The standard InChI is InChI=1S/C15H24N6/c1-4-16-15-18-13-12(9-17-20-13)14(19-15)21-7-5-11(6-8-21)10(2)3/h9-11H,4-8H2,1-3H3,(H2,16,17,18,19,20). The molecule has 0 spiro atoms. The molecule has 2 aromatic heterocycles. The van der Waals surface area contributed by atoms with Crippen LogP contribution in [0, 0.1) is 11.8 Å². The molecule has 0 aromatic carbocycles. The second kappa shape index (κ2) is 5.87. The lowest BCUT2D eigenvalue weighted by atomic mass is 9.87. The molecule has 3 rings (SSSR count). The number of hydrogen-bond donors (Lipinski definition) is 2. The molecular weight excluding hydrogens is 264 g/mol. The molecule has 1 fully saturated rings. The fourth-order valence-electron chi connectivity index (χ4n) is 3.08. The van der Waals surface area contributed by atoms with Crippen molar-refractivity contribution in [1.29, 1.82) is 0 Å². The average Bonchev–Trinajstić information content (AvgIpc) is 2.95. The summed E-state index contributed by atoms with van der Waals surface area (Å²) in [4.78, 5) is 11.5. The van der Waals surface area contributed by atoms with E-state index < -0.39 is 0 Å². The Kier molecular flexibility index (Phi) is 3.94. The van der Waals surface area contributed by atoms with E-state index >= 15 is 0 Å². The van der Waals surface area contributed by atoms with Gasteiger partial charge in [-0.3, -0.25) is 5.10 Å². The van der Waals surface area contributed by atoms with Crippen molar-refractivity contribution in [2.24, 2.45) is 11.8 Å². The number of fused-ring (bicyclic) bond motifs is 1. The number of anilines is 2. The van der Waals surface area contributed by atoms with Crippen molar-refractivity contribution in [3.63, 3.8) is 0 Å². The third-order valence-corrected chi connectivity index (χ3v) is 4.41. The predicted octanol–water partition coefficient (Wildman–Crippen LogP) is 2.66. The van der Waals surface area contributed by atoms with E-state index in [4.69, 9.17) is 4.98 Å². The van der Waals surface area contributed by atoms with Crippen LogP contribution in [0.2, 0.25) is 0 Å². The van der Waals surface area contributed by atoms with Gasteiger partial charge in [-0.2, -0.15) is 15.1 Å². The van der Waals surface area contributed by atoms with E-state index in [-0.39, 0.29) is 0 Å². The van der Waals surface area contributed by atoms with E-state index in [1.54, 1.807) is 0 Å². The largest absolute Gasteiger partial charge is 0.356 e. The zero-order valence-corrected chi connectivity index (χ0v) is 13.1. The highest BCUT2D eigenvalue weighted by Crippen LogP contribution is 2.30. The Morgan fingerprint density at radius 2 is 2.10 bits per heavy atom. The summed E-state index contributed by atoms with van der Waals surface area (Å²) in [6.45, 7) is 9.63. The minimum absolute atomic E-state index is 0.676. The van der Waals surface area contributed by atoms with E-state index in [9.17, 15) is 0 Å². The number of piperidine rings is 1. The quantitative estimate of drug-likeness (QED) is 0.905. The maximum absolute atomic E-state index is 4.70. The second-order valence-corrected chi connectivity index (χ2v) is 6.10. The molecule has 1 aliphatic rings. The van der Waals surface area contributed by atoms with Crippen LogP contribution in [0.4, 0.5) is 11.8 Å². The summed E-state index contributed by atoms with van der Waals surface area (Å²) in [5.74, 6) is 3.28. The monoisotopic (exact) mass is 288 g/mol. The third-order valence-electron chi connectivity index (χ3n) is 4.41. The van der Waals surface area contributed by atoms with E-state index in [1.807, 2.05) is 13.1 Å². The summed E-state index contributed by atoms with van der Waals surface area (Å²) in [5, 5.41) is 11.3. The SMILES string of the molecule is CCNc1nc(N2CCC(C(C)C)CC2)c2cn[nH]c2n1. The topological polar surface area (TPSA) is 69.7 Å². The first-order valence-corrected chi connectivity index (χ1v) is 7.89. The highest BCUT2D eigenvalue weighted by atomic mass is 15.3. The van der Waals surface area contributed by atoms with E-state index in [2.05, 4.69) is 39.2 Å². The lowest BCUT2D eigenvalue weighted by Gasteiger charge is -2.34. The molecule has 0 bridgehead atoms. The molecule has 0 radical (unpaired) electrons. The molecule has 21 heavy (non-hydrogen) atoms. The zero-order chi connectivity index (χ0) is 14.8. The highest BCUT2D eigenvalue weighted by Gasteiger charge is 2.24. The second-order valence-electron chi connectivity index (χ2n) is 6.10. The molecule has 2 N–H and O–H groups in total. The molecule has 1 saturated heterocycles. The van der Waals surface area contributed by atoms with Gasteiger partial charge in [0, 0.05) is 19.6 Å². The highest BCUT2D eigenvalue weighted by molar-refractivity contribution is 5.87. The minimum Gasteiger partial charge on any atom is -0.356 e. The van der Waals surface area contributed by atoms with E-state index in [0.717, 1.165) is 48.3 Å². The van der Waals surface area contributed by atoms with Crippen LogP contribution in [0.1, 0.15) is 33.6 Å². The molecule has 6 heteroatoms. The zero-order valence-electron chi connectivity index (χ0n) is 13.1. The van der Waals surface area contributed by atoms with Crippen LogP contribution >= 0.6 is 0 Å². The number of H-pyrrole nitrogens is 1. The molecule has 3 heterocycles. The maximum Gasteiger partial charge on any atom is 0.226 e. The van der Waals surface area contributed by atoms with Crippen molar-refractivity contribution in [1.82, 2.24) is 20.2 Å². The Labute approximate surface area is 125 Å². The lowest BCUT2D eigenvalue weighted by molar-refractivity contribution is 0.311. The van der Waals surface area contributed by atoms with E-state index in [1.165, 1.54) is 12.8 Å². The first kappa shape index (κ1) is 14.1. The molecule has 0 unspecified atom stereocenters. The predicted molar refractivity (Wildman–Crippen MR) is 85.6 cm³/mol. The fourth-order valence-corrected chi connectivity index (χ4v) is 3.08. The molecule has 0 atom stereocenters. The van der Waals surface area contributed by atoms with Gasteiger partial charge in [0.15, 0.2) is 5.65 Å². The number of nitrogens with zero attached hydrogens (tertiary/aromatic N) is 4. The number of aromatic amines is 1. The van der Waals surface area contributed by atoms with Crippen LogP contribution in [-0.2, 0) is 0 Å². The number of aromatic nitrogens is 4. The molecule has 0 saturated carbocycles.